The van der Waals surface area contributed by atoms with Gasteiger partial charge in [0.15, 0.2) is 12.2 Å². The van der Waals surface area contributed by atoms with Gasteiger partial charge in [0.1, 0.15) is 19.3 Å². The van der Waals surface area contributed by atoms with Gasteiger partial charge in [0.05, 0.1) is 32.8 Å². The molecule has 0 saturated carbocycles. The Hall–Kier alpha value is -5.58. The highest BCUT2D eigenvalue weighted by Crippen LogP contribution is 2.45. The van der Waals surface area contributed by atoms with Crippen LogP contribution in [0, 0.1) is 0 Å². The van der Waals surface area contributed by atoms with Crippen molar-refractivity contribution in [3.8, 4) is 0 Å². The number of hydrogen-bond donors (Lipinski definition) is 3. The van der Waals surface area contributed by atoms with Crippen molar-refractivity contribution in [1.82, 2.24) is 0 Å². The Balaban J connectivity index is 5.48. The van der Waals surface area contributed by atoms with Crippen LogP contribution >= 0.6 is 15.6 Å². The van der Waals surface area contributed by atoms with Crippen molar-refractivity contribution >= 4 is 39.5 Å². The van der Waals surface area contributed by atoms with E-state index in [2.05, 4.69) is 174 Å². The third kappa shape index (κ3) is 74.7. The van der Waals surface area contributed by atoms with Gasteiger partial charge >= 0.3 is 39.5 Å². The van der Waals surface area contributed by atoms with Gasteiger partial charge in [-0.1, -0.05) is 275 Å². The molecule has 0 aromatic carbocycles. The van der Waals surface area contributed by atoms with Crippen LogP contribution in [-0.4, -0.2) is 96.7 Å². The number of phosphoric ester groups is 2. The summed E-state index contributed by atoms with van der Waals surface area (Å²) in [6, 6.07) is 0. The molecule has 0 bridgehead atoms. The molecule has 590 valence electrons. The molecule has 0 heterocycles. The summed E-state index contributed by atoms with van der Waals surface area (Å²) in [6.45, 7) is 4.32. The minimum absolute atomic E-state index is 0.0309. The molecule has 0 rings (SSSR count). The van der Waals surface area contributed by atoms with Crippen LogP contribution in [0.15, 0.2) is 170 Å². The van der Waals surface area contributed by atoms with Crippen molar-refractivity contribution in [2.75, 3.05) is 39.6 Å². The number of unbranched alkanes of at least 4 members (excludes halogenated alkanes) is 19. The highest BCUT2D eigenvalue weighted by molar-refractivity contribution is 7.47. The molecule has 0 aliphatic heterocycles. The van der Waals surface area contributed by atoms with Gasteiger partial charge in [0.2, 0.25) is 0 Å². The lowest BCUT2D eigenvalue weighted by atomic mass is 10.1. The number of esters is 4. The van der Waals surface area contributed by atoms with E-state index in [1.54, 1.807) is 6.08 Å². The van der Waals surface area contributed by atoms with Crippen LogP contribution in [0.4, 0.5) is 0 Å². The van der Waals surface area contributed by atoms with Crippen LogP contribution in [0.1, 0.15) is 285 Å². The molecule has 0 aromatic rings. The number of allylic oxidation sites excluding steroid dienone is 27. The van der Waals surface area contributed by atoms with E-state index in [-0.39, 0.29) is 25.7 Å². The van der Waals surface area contributed by atoms with Gasteiger partial charge in [-0.3, -0.25) is 37.3 Å². The highest BCUT2D eigenvalue weighted by Gasteiger charge is 2.30. The maximum atomic E-state index is 13.1. The molecule has 0 amide bonds. The predicted octanol–water partition coefficient (Wildman–Crippen LogP) is 23.0. The Morgan fingerprint density at radius 2 is 0.538 bits per heavy atom. The van der Waals surface area contributed by atoms with Gasteiger partial charge in [0.25, 0.3) is 0 Å². The van der Waals surface area contributed by atoms with Crippen LogP contribution in [-0.2, 0) is 65.4 Å². The quantitative estimate of drug-likeness (QED) is 0.0169. The lowest BCUT2D eigenvalue weighted by molar-refractivity contribution is -0.161. The molecule has 19 heteroatoms. The van der Waals surface area contributed by atoms with Crippen LogP contribution < -0.4 is 0 Å². The van der Waals surface area contributed by atoms with E-state index in [4.69, 9.17) is 37.0 Å². The maximum Gasteiger partial charge on any atom is 0.472 e. The summed E-state index contributed by atoms with van der Waals surface area (Å²) in [7, 11) is -10.0. The van der Waals surface area contributed by atoms with Crippen molar-refractivity contribution < 1.29 is 80.2 Å². The molecule has 104 heavy (non-hydrogen) atoms. The summed E-state index contributed by atoms with van der Waals surface area (Å²) < 4.78 is 68.4. The topological polar surface area (TPSA) is 237 Å². The van der Waals surface area contributed by atoms with E-state index < -0.39 is 97.5 Å². The molecule has 0 aliphatic carbocycles. The summed E-state index contributed by atoms with van der Waals surface area (Å²) in [5, 5.41) is 10.6. The second-order valence-electron chi connectivity index (χ2n) is 25.5. The number of aliphatic hydroxyl groups excluding tert-OH is 1. The monoisotopic (exact) mass is 1490 g/mol. The fourth-order valence-corrected chi connectivity index (χ4v) is 11.4. The summed E-state index contributed by atoms with van der Waals surface area (Å²) in [5.74, 6) is -2.41. The normalized spacial score (nSPS) is 14.8. The summed E-state index contributed by atoms with van der Waals surface area (Å²) in [5.41, 5.74) is 0. The zero-order chi connectivity index (χ0) is 76.0. The van der Waals surface area contributed by atoms with Crippen molar-refractivity contribution in [1.29, 1.82) is 0 Å². The zero-order valence-corrected chi connectivity index (χ0v) is 66.2. The van der Waals surface area contributed by atoms with E-state index in [0.717, 1.165) is 161 Å². The minimum Gasteiger partial charge on any atom is -0.462 e. The molecule has 0 radical (unpaired) electrons. The molecular weight excluding hydrogens is 1350 g/mol. The van der Waals surface area contributed by atoms with Gasteiger partial charge in [-0.05, 0) is 154 Å². The molecular formula is C85H138O17P2. The maximum absolute atomic E-state index is 13.1. The fourth-order valence-electron chi connectivity index (χ4n) is 9.80. The SMILES string of the molecule is CC/C=C\C/C=C\C/C=C\C/C=C\C/C=C\CC(=O)OCC(COP(=O)(O)OCC(O)COP(=O)(O)OCC(COC(=O)CCCCCCCC/C=C\C/C=C\C/C=C\C/C=C\CC)OC(=O)CCCC/C=C\C/C=C\C/C=C\C/C=C\CC)OC(=O)CCCCCCC/C=C\CCCCCCCC. The molecule has 0 aliphatic rings. The number of ether oxygens (including phenoxy) is 4. The largest absolute Gasteiger partial charge is 0.472 e. The number of carbonyl (C=O) groups is 4. The van der Waals surface area contributed by atoms with Gasteiger partial charge < -0.3 is 33.8 Å². The van der Waals surface area contributed by atoms with Gasteiger partial charge in [-0.2, -0.15) is 0 Å². The lowest BCUT2D eigenvalue weighted by Crippen LogP contribution is -2.30. The summed E-state index contributed by atoms with van der Waals surface area (Å²) in [4.78, 5) is 72.9. The van der Waals surface area contributed by atoms with Gasteiger partial charge in [-0.15, -0.1) is 0 Å². The Bertz CT molecular complexity index is 2640. The number of aliphatic hydroxyl groups is 1. The Morgan fingerprint density at radius 3 is 0.885 bits per heavy atom. The number of carbonyl (C=O) groups excluding carboxylic acids is 4. The Kier molecular flexibility index (Phi) is 71.6. The second-order valence-corrected chi connectivity index (χ2v) is 28.4. The van der Waals surface area contributed by atoms with Crippen LogP contribution in [0.3, 0.4) is 0 Å². The van der Waals surface area contributed by atoms with E-state index >= 15 is 0 Å². The summed E-state index contributed by atoms with van der Waals surface area (Å²) in [6.07, 6.45) is 89.4. The first kappa shape index (κ1) is 98.4. The van der Waals surface area contributed by atoms with Crippen molar-refractivity contribution in [3.63, 3.8) is 0 Å². The number of phosphoric acid groups is 2. The number of hydrogen-bond acceptors (Lipinski definition) is 15. The average Bonchev–Trinajstić information content (AvgIpc) is 0.912. The first-order valence-electron chi connectivity index (χ1n) is 39.4. The molecule has 0 spiro atoms. The molecule has 0 fully saturated rings. The first-order valence-corrected chi connectivity index (χ1v) is 42.4. The molecule has 0 saturated heterocycles. The number of rotatable bonds is 72. The predicted molar refractivity (Wildman–Crippen MR) is 426 cm³/mol. The van der Waals surface area contributed by atoms with Crippen LogP contribution in [0.2, 0.25) is 0 Å². The van der Waals surface area contributed by atoms with E-state index in [1.807, 2.05) is 18.2 Å². The molecule has 3 N–H and O–H groups in total. The lowest BCUT2D eigenvalue weighted by Gasteiger charge is -2.21. The molecule has 5 atom stereocenters. The van der Waals surface area contributed by atoms with Crippen molar-refractivity contribution in [2.45, 2.75) is 303 Å². The average molecular weight is 1490 g/mol. The Morgan fingerprint density at radius 1 is 0.288 bits per heavy atom. The molecule has 17 nitrogen and oxygen atoms in total. The zero-order valence-electron chi connectivity index (χ0n) is 64.4. The molecule has 5 unspecified atom stereocenters. The smallest absolute Gasteiger partial charge is 0.462 e. The third-order valence-corrected chi connectivity index (χ3v) is 17.6. The van der Waals surface area contributed by atoms with Crippen molar-refractivity contribution in [3.05, 3.63) is 170 Å². The molecule has 0 aromatic heterocycles. The van der Waals surface area contributed by atoms with Gasteiger partial charge in [0, 0.05) is 19.3 Å². The van der Waals surface area contributed by atoms with Crippen LogP contribution in [0.5, 0.6) is 0 Å². The van der Waals surface area contributed by atoms with Crippen LogP contribution in [0.25, 0.3) is 0 Å². The third-order valence-electron chi connectivity index (χ3n) is 15.7. The van der Waals surface area contributed by atoms with E-state index in [9.17, 15) is 43.2 Å². The van der Waals surface area contributed by atoms with E-state index in [0.29, 0.717) is 32.1 Å². The second kappa shape index (κ2) is 75.6. The first-order chi connectivity index (χ1) is 50.7. The van der Waals surface area contributed by atoms with Gasteiger partial charge in [-0.25, -0.2) is 9.13 Å². The van der Waals surface area contributed by atoms with E-state index in [1.165, 1.54) is 38.5 Å². The standard InChI is InChI=1S/C85H138O17P2/c1-5-9-13-17-21-25-29-33-37-38-39-40-44-46-50-54-58-62-66-70-83(88)96-76-81(102-85(90)72-68-64-60-56-52-48-43-36-32-28-24-20-16-12-8-4)78-100-104(93,94)98-74-79(86)73-97-103(91,92)99-77-80(101-84(89)71-67-63-59-55-51-47-42-35-31-27-23-19-15-11-7-3)75-95-82(87)69-65-61-57-53-49-45-41-34-30-26-22-18-14-10-6-2/h9-10,12-14,16,21-22,24-26,28,33-37,39-43,49,52-53,56,61,65,79-81,86H,5-8,11,15,17-20,23,27,29-32,38,44-48,50-51,54-55,57-60,62-64,66-78H2,1-4H3,(H,91,92)(H,93,94)/b13-9-,14-10-,16-12-,25-21-,26-22-,28-24-,37-33-,40-39-,41-34-,42-35-,43-36-,53-49-,56-52-,65-61-. The Labute approximate surface area is 629 Å². The minimum atomic E-state index is -5.01. The van der Waals surface area contributed by atoms with Crippen molar-refractivity contribution in [2.24, 2.45) is 0 Å². The summed E-state index contributed by atoms with van der Waals surface area (Å²) >= 11 is 0. The fraction of sp³-hybridized carbons (Fsp3) is 0.624. The highest BCUT2D eigenvalue weighted by atomic mass is 31.2.